The quantitative estimate of drug-likeness (QED) is 0.758. The number of pyridine rings is 1. The lowest BCUT2D eigenvalue weighted by molar-refractivity contribution is 0.0706. The number of benzene rings is 1. The summed E-state index contributed by atoms with van der Waals surface area (Å²) in [6.07, 6.45) is 5.78. The number of nitrogens with zero attached hydrogens (tertiary/aromatic N) is 2. The molecule has 3 aromatic rings. The van der Waals surface area contributed by atoms with Gasteiger partial charge < -0.3 is 14.6 Å². The molecule has 1 saturated heterocycles. The molecule has 4 rings (SSSR count). The molecule has 27 heavy (non-hydrogen) atoms. The van der Waals surface area contributed by atoms with Gasteiger partial charge in [0.2, 0.25) is 0 Å². The van der Waals surface area contributed by atoms with Gasteiger partial charge >= 0.3 is 0 Å². The molecule has 0 radical (unpaired) electrons. The van der Waals surface area contributed by atoms with Crippen molar-refractivity contribution in [3.05, 3.63) is 59.0 Å². The van der Waals surface area contributed by atoms with Gasteiger partial charge in [0.25, 0.3) is 5.91 Å². The Hall–Kier alpha value is -2.82. The number of hydrogen-bond acceptors (Lipinski definition) is 3. The molecule has 0 spiro atoms. The molecule has 3 heterocycles. The molecule has 1 aromatic carbocycles. The van der Waals surface area contributed by atoms with E-state index in [1.807, 2.05) is 43.1 Å². The zero-order valence-corrected chi connectivity index (χ0v) is 16.1. The van der Waals surface area contributed by atoms with Crippen LogP contribution < -0.4 is 4.74 Å². The van der Waals surface area contributed by atoms with Crippen molar-refractivity contribution >= 4 is 16.8 Å². The van der Waals surface area contributed by atoms with Crippen LogP contribution in [0.4, 0.5) is 0 Å². The third-order valence-electron chi connectivity index (χ3n) is 5.50. The molecule has 0 saturated carbocycles. The Bertz CT molecular complexity index is 936. The number of aromatic nitrogens is 2. The minimum atomic E-state index is 0.103. The largest absolute Gasteiger partial charge is 0.496 e. The summed E-state index contributed by atoms with van der Waals surface area (Å²) in [6.45, 7) is 5.52. The van der Waals surface area contributed by atoms with E-state index in [4.69, 9.17) is 4.74 Å². The van der Waals surface area contributed by atoms with Crippen LogP contribution in [0, 0.1) is 13.8 Å². The molecule has 1 fully saturated rings. The van der Waals surface area contributed by atoms with Crippen LogP contribution in [0.25, 0.3) is 10.9 Å². The third kappa shape index (κ3) is 3.29. The molecule has 5 heteroatoms. The molecular formula is C22H25N3O2. The predicted octanol–water partition coefficient (Wildman–Crippen LogP) is 4.21. The van der Waals surface area contributed by atoms with Crippen LogP contribution in [0.2, 0.25) is 0 Å². The number of methoxy groups -OCH3 is 1. The number of piperidine rings is 1. The molecular weight excluding hydrogens is 338 g/mol. The molecule has 1 aliphatic heterocycles. The van der Waals surface area contributed by atoms with Crippen molar-refractivity contribution in [3.63, 3.8) is 0 Å². The van der Waals surface area contributed by atoms with Crippen molar-refractivity contribution in [2.45, 2.75) is 32.6 Å². The maximum Gasteiger partial charge on any atom is 0.253 e. The highest BCUT2D eigenvalue weighted by Crippen LogP contribution is 2.30. The molecule has 0 unspecified atom stereocenters. The second-order valence-electron chi connectivity index (χ2n) is 7.42. The van der Waals surface area contributed by atoms with Crippen LogP contribution in [0.5, 0.6) is 5.75 Å². The summed E-state index contributed by atoms with van der Waals surface area (Å²) in [5.41, 5.74) is 5.03. The lowest BCUT2D eigenvalue weighted by atomic mass is 9.94. The number of aryl methyl sites for hydroxylation is 2. The van der Waals surface area contributed by atoms with E-state index < -0.39 is 0 Å². The number of carbonyl (C=O) groups is 1. The number of nitrogens with one attached hydrogen (secondary N) is 1. The topological polar surface area (TPSA) is 58.2 Å². The molecule has 140 valence electrons. The number of fused-ring (bicyclic) bond motifs is 1. The highest BCUT2D eigenvalue weighted by atomic mass is 16.5. The first-order valence-corrected chi connectivity index (χ1v) is 9.44. The average molecular weight is 363 g/mol. The molecule has 1 aliphatic rings. The first-order chi connectivity index (χ1) is 13.1. The first-order valence-electron chi connectivity index (χ1n) is 9.44. The van der Waals surface area contributed by atoms with E-state index in [-0.39, 0.29) is 5.91 Å². The zero-order valence-electron chi connectivity index (χ0n) is 16.1. The summed E-state index contributed by atoms with van der Waals surface area (Å²) in [5.74, 6) is 1.29. The zero-order chi connectivity index (χ0) is 19.0. The van der Waals surface area contributed by atoms with Gasteiger partial charge in [-0.15, -0.1) is 0 Å². The van der Waals surface area contributed by atoms with Gasteiger partial charge in [-0.05, 0) is 62.1 Å². The van der Waals surface area contributed by atoms with Crippen LogP contribution in [-0.2, 0) is 0 Å². The Morgan fingerprint density at radius 3 is 2.74 bits per heavy atom. The van der Waals surface area contributed by atoms with Gasteiger partial charge in [0.05, 0.1) is 7.11 Å². The van der Waals surface area contributed by atoms with Crippen LogP contribution in [0.1, 0.15) is 45.9 Å². The normalized spacial score (nSPS) is 17.3. The van der Waals surface area contributed by atoms with E-state index in [2.05, 4.69) is 16.0 Å². The summed E-state index contributed by atoms with van der Waals surface area (Å²) >= 11 is 0. The van der Waals surface area contributed by atoms with Crippen LogP contribution in [0.15, 0.2) is 36.7 Å². The van der Waals surface area contributed by atoms with Gasteiger partial charge in [0.15, 0.2) is 0 Å². The SMILES string of the molecule is COc1c(C)cc(C(=O)N2CCC[C@H](c3cc4cnccc4[nH]3)C2)cc1C. The van der Waals surface area contributed by atoms with Gasteiger partial charge in [0, 0.05) is 53.6 Å². The molecule has 0 bridgehead atoms. The number of amides is 1. The standard InChI is InChI=1S/C22H25N3O2/c1-14-9-17(10-15(2)21(14)27-3)22(26)25-8-4-5-16(13-25)20-11-18-12-23-7-6-19(18)24-20/h6-7,9-12,16,24H,4-5,8,13H2,1-3H3/t16-/m0/s1. The number of aromatic amines is 1. The second-order valence-corrected chi connectivity index (χ2v) is 7.42. The third-order valence-corrected chi connectivity index (χ3v) is 5.50. The van der Waals surface area contributed by atoms with Crippen molar-refractivity contribution < 1.29 is 9.53 Å². The lowest BCUT2D eigenvalue weighted by Crippen LogP contribution is -2.39. The van der Waals surface area contributed by atoms with Crippen LogP contribution >= 0.6 is 0 Å². The fourth-order valence-electron chi connectivity index (χ4n) is 4.21. The van der Waals surface area contributed by atoms with Gasteiger partial charge in [0.1, 0.15) is 5.75 Å². The fourth-order valence-corrected chi connectivity index (χ4v) is 4.21. The summed E-state index contributed by atoms with van der Waals surface area (Å²) in [5, 5.41) is 1.12. The maximum atomic E-state index is 13.1. The minimum Gasteiger partial charge on any atom is -0.496 e. The summed E-state index contributed by atoms with van der Waals surface area (Å²) in [7, 11) is 1.67. The molecule has 1 amide bonds. The monoisotopic (exact) mass is 363 g/mol. The van der Waals surface area contributed by atoms with Crippen LogP contribution in [-0.4, -0.2) is 41.0 Å². The van der Waals surface area contributed by atoms with E-state index in [0.717, 1.165) is 59.3 Å². The van der Waals surface area contributed by atoms with E-state index in [9.17, 15) is 4.79 Å². The number of likely N-dealkylation sites (tertiary alicyclic amines) is 1. The average Bonchev–Trinajstić information content (AvgIpc) is 3.11. The van der Waals surface area contributed by atoms with Crippen molar-refractivity contribution in [3.8, 4) is 5.75 Å². The molecule has 5 nitrogen and oxygen atoms in total. The van der Waals surface area contributed by atoms with Gasteiger partial charge in [-0.3, -0.25) is 9.78 Å². The molecule has 1 atom stereocenters. The Kier molecular flexibility index (Phi) is 4.60. The van der Waals surface area contributed by atoms with Crippen molar-refractivity contribution in [1.29, 1.82) is 0 Å². The number of carbonyl (C=O) groups excluding carboxylic acids is 1. The van der Waals surface area contributed by atoms with E-state index in [1.165, 1.54) is 5.69 Å². The summed E-state index contributed by atoms with van der Waals surface area (Å²) in [4.78, 5) is 22.8. The van der Waals surface area contributed by atoms with Crippen molar-refractivity contribution in [2.24, 2.45) is 0 Å². The molecule has 0 aliphatic carbocycles. The smallest absolute Gasteiger partial charge is 0.253 e. The van der Waals surface area contributed by atoms with Crippen molar-refractivity contribution in [1.82, 2.24) is 14.9 Å². The lowest BCUT2D eigenvalue weighted by Gasteiger charge is -2.32. The Balaban J connectivity index is 1.56. The number of H-pyrrole nitrogens is 1. The van der Waals surface area contributed by atoms with Gasteiger partial charge in [-0.1, -0.05) is 0 Å². The van der Waals surface area contributed by atoms with E-state index >= 15 is 0 Å². The molecule has 1 N–H and O–H groups in total. The van der Waals surface area contributed by atoms with Gasteiger partial charge in [-0.2, -0.15) is 0 Å². The minimum absolute atomic E-state index is 0.103. The van der Waals surface area contributed by atoms with E-state index in [1.54, 1.807) is 13.3 Å². The Morgan fingerprint density at radius 2 is 2.04 bits per heavy atom. The number of ether oxygens (including phenoxy) is 1. The van der Waals surface area contributed by atoms with E-state index in [0.29, 0.717) is 5.92 Å². The second kappa shape index (κ2) is 7.06. The molecule has 2 aromatic heterocycles. The number of rotatable bonds is 3. The Morgan fingerprint density at radius 1 is 1.26 bits per heavy atom. The maximum absolute atomic E-state index is 13.1. The summed E-state index contributed by atoms with van der Waals surface area (Å²) < 4.78 is 5.43. The predicted molar refractivity (Wildman–Crippen MR) is 106 cm³/mol. The summed E-state index contributed by atoms with van der Waals surface area (Å²) in [6, 6.07) is 8.04. The van der Waals surface area contributed by atoms with Gasteiger partial charge in [-0.25, -0.2) is 0 Å². The highest BCUT2D eigenvalue weighted by Gasteiger charge is 2.27. The van der Waals surface area contributed by atoms with Crippen molar-refractivity contribution in [2.75, 3.05) is 20.2 Å². The first kappa shape index (κ1) is 17.6. The van der Waals surface area contributed by atoms with Crippen LogP contribution in [0.3, 0.4) is 0 Å². The fraction of sp³-hybridized carbons (Fsp3) is 0.364. The highest BCUT2D eigenvalue weighted by molar-refractivity contribution is 5.95. The Labute approximate surface area is 159 Å². The number of hydrogen-bond donors (Lipinski definition) is 1.